The zero-order chi connectivity index (χ0) is 14.7. The predicted molar refractivity (Wildman–Crippen MR) is 78.3 cm³/mol. The molecule has 0 spiro atoms. The molecule has 1 aliphatic rings. The summed E-state index contributed by atoms with van der Waals surface area (Å²) in [6.45, 7) is 4.80. The highest BCUT2D eigenvalue weighted by atomic mass is 16.4. The Kier molecular flexibility index (Phi) is 4.57. The van der Waals surface area contributed by atoms with Gasteiger partial charge in [-0.3, -0.25) is 0 Å². The molecule has 1 heterocycles. The van der Waals surface area contributed by atoms with Gasteiger partial charge in [-0.2, -0.15) is 0 Å². The van der Waals surface area contributed by atoms with Gasteiger partial charge in [0.15, 0.2) is 5.69 Å². The Bertz CT molecular complexity index is 482. The average molecular weight is 277 g/mol. The number of carboxylic acid groups (broad SMARTS) is 1. The first kappa shape index (κ1) is 14.8. The zero-order valence-corrected chi connectivity index (χ0v) is 12.5. The highest BCUT2D eigenvalue weighted by Crippen LogP contribution is 2.28. The van der Waals surface area contributed by atoms with Crippen LogP contribution in [-0.2, 0) is 0 Å². The van der Waals surface area contributed by atoms with Crippen LogP contribution in [0.2, 0.25) is 0 Å². The maximum Gasteiger partial charge on any atom is 0.356 e. The van der Waals surface area contributed by atoms with E-state index >= 15 is 0 Å². The minimum absolute atomic E-state index is 0.115. The van der Waals surface area contributed by atoms with Crippen molar-refractivity contribution in [2.45, 2.75) is 45.4 Å². The summed E-state index contributed by atoms with van der Waals surface area (Å²) >= 11 is 0. The van der Waals surface area contributed by atoms with E-state index in [1.165, 1.54) is 25.7 Å². The van der Waals surface area contributed by atoms with Crippen molar-refractivity contribution >= 4 is 11.7 Å². The fourth-order valence-corrected chi connectivity index (χ4v) is 2.78. The second-order valence-corrected chi connectivity index (χ2v) is 5.95. The van der Waals surface area contributed by atoms with Gasteiger partial charge in [0.1, 0.15) is 5.82 Å². The number of aromatic nitrogens is 2. The van der Waals surface area contributed by atoms with Gasteiger partial charge >= 0.3 is 5.97 Å². The van der Waals surface area contributed by atoms with Gasteiger partial charge in [-0.25, -0.2) is 14.8 Å². The number of anilines is 1. The van der Waals surface area contributed by atoms with Crippen LogP contribution in [0.5, 0.6) is 0 Å². The van der Waals surface area contributed by atoms with Crippen LogP contribution in [-0.4, -0.2) is 34.6 Å². The lowest BCUT2D eigenvalue weighted by atomic mass is 10.1. The van der Waals surface area contributed by atoms with Gasteiger partial charge in [0.05, 0.1) is 11.9 Å². The summed E-state index contributed by atoms with van der Waals surface area (Å²) in [6.07, 6.45) is 6.69. The lowest BCUT2D eigenvalue weighted by Gasteiger charge is -2.24. The lowest BCUT2D eigenvalue weighted by Crippen LogP contribution is -2.27. The Morgan fingerprint density at radius 1 is 1.45 bits per heavy atom. The molecular weight excluding hydrogens is 254 g/mol. The minimum Gasteiger partial charge on any atom is -0.476 e. The molecule has 110 valence electrons. The van der Waals surface area contributed by atoms with Crippen molar-refractivity contribution in [1.82, 2.24) is 9.97 Å². The molecular formula is C15H23N3O2. The third-order valence-electron chi connectivity index (χ3n) is 3.93. The maximum absolute atomic E-state index is 11.4. The molecule has 0 unspecified atom stereocenters. The van der Waals surface area contributed by atoms with E-state index in [2.05, 4.69) is 9.97 Å². The van der Waals surface area contributed by atoms with Crippen LogP contribution < -0.4 is 4.90 Å². The highest BCUT2D eigenvalue weighted by Gasteiger charge is 2.22. The molecule has 0 saturated heterocycles. The molecule has 0 bridgehead atoms. The quantitative estimate of drug-likeness (QED) is 0.896. The van der Waals surface area contributed by atoms with Crippen LogP contribution >= 0.6 is 0 Å². The van der Waals surface area contributed by atoms with Crippen LogP contribution in [0.15, 0.2) is 6.20 Å². The molecule has 0 amide bonds. The van der Waals surface area contributed by atoms with E-state index in [1.807, 2.05) is 25.8 Å². The number of hydrogen-bond acceptors (Lipinski definition) is 4. The van der Waals surface area contributed by atoms with E-state index in [0.717, 1.165) is 6.54 Å². The topological polar surface area (TPSA) is 66.3 Å². The first-order valence-electron chi connectivity index (χ1n) is 7.30. The van der Waals surface area contributed by atoms with Crippen molar-refractivity contribution in [3.63, 3.8) is 0 Å². The molecule has 5 nitrogen and oxygen atoms in total. The van der Waals surface area contributed by atoms with Gasteiger partial charge in [-0.05, 0) is 18.8 Å². The number of rotatable bonds is 5. The van der Waals surface area contributed by atoms with Gasteiger partial charge in [-0.1, -0.05) is 26.7 Å². The maximum atomic E-state index is 11.4. The Balaban J connectivity index is 2.22. The van der Waals surface area contributed by atoms with Gasteiger partial charge in [0.25, 0.3) is 0 Å². The average Bonchev–Trinajstić information content (AvgIpc) is 2.90. The van der Waals surface area contributed by atoms with E-state index in [1.54, 1.807) is 6.20 Å². The third kappa shape index (κ3) is 3.26. The second-order valence-electron chi connectivity index (χ2n) is 5.95. The van der Waals surface area contributed by atoms with E-state index in [4.69, 9.17) is 0 Å². The van der Waals surface area contributed by atoms with Crippen molar-refractivity contribution in [2.24, 2.45) is 5.92 Å². The minimum atomic E-state index is -0.984. The van der Waals surface area contributed by atoms with Gasteiger partial charge < -0.3 is 10.0 Å². The molecule has 1 saturated carbocycles. The van der Waals surface area contributed by atoms with Gasteiger partial charge in [0, 0.05) is 19.5 Å². The Morgan fingerprint density at radius 2 is 2.10 bits per heavy atom. The molecule has 0 atom stereocenters. The SMILES string of the molecule is CC(C)c1ncc(N(C)CC2CCCC2)c(C(=O)O)n1. The Morgan fingerprint density at radius 3 is 2.65 bits per heavy atom. The summed E-state index contributed by atoms with van der Waals surface area (Å²) in [5.74, 6) is 0.386. The van der Waals surface area contributed by atoms with Crippen LogP contribution in [0.4, 0.5) is 5.69 Å². The Hall–Kier alpha value is -1.65. The van der Waals surface area contributed by atoms with Crippen molar-refractivity contribution in [3.05, 3.63) is 17.7 Å². The standard InChI is InChI=1S/C15H23N3O2/c1-10(2)14-16-8-12(13(17-14)15(19)20)18(3)9-11-6-4-5-7-11/h8,10-11H,4-7,9H2,1-3H3,(H,19,20). The molecule has 5 heteroatoms. The zero-order valence-electron chi connectivity index (χ0n) is 12.5. The van der Waals surface area contributed by atoms with Crippen LogP contribution in [0.25, 0.3) is 0 Å². The number of carbonyl (C=O) groups is 1. The van der Waals surface area contributed by atoms with Crippen molar-refractivity contribution in [1.29, 1.82) is 0 Å². The molecule has 1 aliphatic carbocycles. The fraction of sp³-hybridized carbons (Fsp3) is 0.667. The molecule has 0 aromatic carbocycles. The molecule has 1 aromatic rings. The predicted octanol–water partition coefficient (Wildman–Crippen LogP) is 2.92. The first-order valence-corrected chi connectivity index (χ1v) is 7.30. The summed E-state index contributed by atoms with van der Waals surface area (Å²) in [4.78, 5) is 21.9. The summed E-state index contributed by atoms with van der Waals surface area (Å²) in [7, 11) is 1.93. The van der Waals surface area contributed by atoms with E-state index in [0.29, 0.717) is 17.4 Å². The van der Waals surface area contributed by atoms with Gasteiger partial charge in [-0.15, -0.1) is 0 Å². The second kappa shape index (κ2) is 6.20. The highest BCUT2D eigenvalue weighted by molar-refractivity contribution is 5.91. The smallest absolute Gasteiger partial charge is 0.356 e. The molecule has 0 aliphatic heterocycles. The third-order valence-corrected chi connectivity index (χ3v) is 3.93. The Labute approximate surface area is 120 Å². The number of nitrogens with zero attached hydrogens (tertiary/aromatic N) is 3. The van der Waals surface area contributed by atoms with Crippen molar-refractivity contribution in [2.75, 3.05) is 18.5 Å². The number of carboxylic acids is 1. The fourth-order valence-electron chi connectivity index (χ4n) is 2.78. The first-order chi connectivity index (χ1) is 9.49. The van der Waals surface area contributed by atoms with E-state index in [-0.39, 0.29) is 11.6 Å². The molecule has 2 rings (SSSR count). The van der Waals surface area contributed by atoms with Crippen molar-refractivity contribution < 1.29 is 9.90 Å². The van der Waals surface area contributed by atoms with Crippen LogP contribution in [0.3, 0.4) is 0 Å². The largest absolute Gasteiger partial charge is 0.476 e. The van der Waals surface area contributed by atoms with E-state index in [9.17, 15) is 9.90 Å². The monoisotopic (exact) mass is 277 g/mol. The molecule has 20 heavy (non-hydrogen) atoms. The van der Waals surface area contributed by atoms with Crippen LogP contribution in [0.1, 0.15) is 61.8 Å². The number of hydrogen-bond donors (Lipinski definition) is 1. The molecule has 1 aromatic heterocycles. The lowest BCUT2D eigenvalue weighted by molar-refractivity contribution is 0.0690. The van der Waals surface area contributed by atoms with Crippen LogP contribution in [0, 0.1) is 5.92 Å². The molecule has 1 fully saturated rings. The number of aromatic carboxylic acids is 1. The van der Waals surface area contributed by atoms with E-state index < -0.39 is 5.97 Å². The summed E-state index contributed by atoms with van der Waals surface area (Å²) in [6, 6.07) is 0. The molecule has 1 N–H and O–H groups in total. The van der Waals surface area contributed by atoms with Crippen molar-refractivity contribution in [3.8, 4) is 0 Å². The molecule has 0 radical (unpaired) electrons. The summed E-state index contributed by atoms with van der Waals surface area (Å²) < 4.78 is 0. The summed E-state index contributed by atoms with van der Waals surface area (Å²) in [5.41, 5.74) is 0.734. The normalized spacial score (nSPS) is 15.8. The van der Waals surface area contributed by atoms with Gasteiger partial charge in [0.2, 0.25) is 0 Å². The summed E-state index contributed by atoms with van der Waals surface area (Å²) in [5, 5.41) is 9.36.